The number of carbonyl (C=O) groups is 3. The van der Waals surface area contributed by atoms with Gasteiger partial charge in [0.05, 0.1) is 13.2 Å². The van der Waals surface area contributed by atoms with Gasteiger partial charge in [0.15, 0.2) is 0 Å². The van der Waals surface area contributed by atoms with Crippen molar-refractivity contribution in [1.82, 2.24) is 10.6 Å². The molecule has 0 aliphatic heterocycles. The van der Waals surface area contributed by atoms with Gasteiger partial charge in [0.25, 0.3) is 0 Å². The Morgan fingerprint density at radius 3 is 2.25 bits per heavy atom. The number of carboxylic acids is 1. The number of hydrogen-bond acceptors (Lipinski definition) is 5. The number of rotatable bonds is 9. The van der Waals surface area contributed by atoms with Gasteiger partial charge in [-0.05, 0) is 20.3 Å². The minimum Gasteiger partial charge on any atom is -0.480 e. The maximum absolute atomic E-state index is 12.0. The Morgan fingerprint density at radius 2 is 1.80 bits per heavy atom. The first-order chi connectivity index (χ1) is 9.33. The Morgan fingerprint density at radius 1 is 1.20 bits per heavy atom. The highest BCUT2D eigenvalue weighted by Gasteiger charge is 2.25. The predicted molar refractivity (Wildman–Crippen MR) is 73.2 cm³/mol. The average Bonchev–Trinajstić information content (AvgIpc) is 2.41. The second-order valence-corrected chi connectivity index (χ2v) is 4.67. The first-order valence-electron chi connectivity index (χ1n) is 6.70. The molecule has 3 atom stereocenters. The molecule has 0 aliphatic carbocycles. The van der Waals surface area contributed by atoms with Crippen LogP contribution in [0.25, 0.3) is 0 Å². The van der Waals surface area contributed by atoms with Crippen molar-refractivity contribution in [3.05, 3.63) is 0 Å². The van der Waals surface area contributed by atoms with Crippen molar-refractivity contribution in [3.63, 3.8) is 0 Å². The van der Waals surface area contributed by atoms with Gasteiger partial charge < -0.3 is 15.2 Å². The molecule has 0 aromatic rings. The molecule has 0 heterocycles. The molecule has 0 aromatic heterocycles. The van der Waals surface area contributed by atoms with E-state index in [-0.39, 0.29) is 0 Å². The second kappa shape index (κ2) is 9.30. The molecule has 20 heavy (non-hydrogen) atoms. The average molecular weight is 288 g/mol. The predicted octanol–water partition coefficient (Wildman–Crippen LogP) is 0.286. The molecule has 0 fully saturated rings. The van der Waals surface area contributed by atoms with E-state index in [1.165, 1.54) is 14.0 Å². The van der Waals surface area contributed by atoms with Crippen LogP contribution in [0.15, 0.2) is 0 Å². The van der Waals surface area contributed by atoms with Gasteiger partial charge in [-0.1, -0.05) is 19.8 Å². The molecule has 0 saturated heterocycles. The lowest BCUT2D eigenvalue weighted by Crippen LogP contribution is -2.52. The fourth-order valence-electron chi connectivity index (χ4n) is 1.62. The van der Waals surface area contributed by atoms with Crippen LogP contribution in [0.3, 0.4) is 0 Å². The molecular weight excluding hydrogens is 264 g/mol. The summed E-state index contributed by atoms with van der Waals surface area (Å²) in [4.78, 5) is 34.1. The van der Waals surface area contributed by atoms with Crippen molar-refractivity contribution in [2.75, 3.05) is 7.11 Å². The lowest BCUT2D eigenvalue weighted by Gasteiger charge is -2.22. The summed E-state index contributed by atoms with van der Waals surface area (Å²) in [5.74, 6) is -2.00. The van der Waals surface area contributed by atoms with Gasteiger partial charge in [-0.3, -0.25) is 19.7 Å². The van der Waals surface area contributed by atoms with Crippen LogP contribution in [0.1, 0.15) is 40.0 Å². The van der Waals surface area contributed by atoms with E-state index >= 15 is 0 Å². The smallest absolute Gasteiger partial charge is 0.325 e. The number of carbonyl (C=O) groups excluding carboxylic acids is 2. The summed E-state index contributed by atoms with van der Waals surface area (Å²) in [6.45, 7) is 4.97. The highest BCUT2D eigenvalue weighted by molar-refractivity contribution is 5.87. The van der Waals surface area contributed by atoms with E-state index in [0.29, 0.717) is 6.42 Å². The molecule has 3 N–H and O–H groups in total. The molecule has 0 aliphatic rings. The summed E-state index contributed by atoms with van der Waals surface area (Å²) in [6, 6.07) is -2.22. The summed E-state index contributed by atoms with van der Waals surface area (Å²) in [6.07, 6.45) is 2.21. The van der Waals surface area contributed by atoms with Gasteiger partial charge in [0, 0.05) is 0 Å². The molecule has 0 radical (unpaired) electrons. The highest BCUT2D eigenvalue weighted by Crippen LogP contribution is 2.03. The second-order valence-electron chi connectivity index (χ2n) is 4.67. The van der Waals surface area contributed by atoms with Crippen LogP contribution < -0.4 is 10.6 Å². The van der Waals surface area contributed by atoms with Crippen molar-refractivity contribution in [2.24, 2.45) is 0 Å². The SMILES string of the molecule is CCCC[C@H](NC(C)C(=O)OC)C(=O)N[C@@H](C)C(=O)O. The molecular formula is C13H24N2O5. The van der Waals surface area contributed by atoms with Crippen LogP contribution in [0.5, 0.6) is 0 Å². The van der Waals surface area contributed by atoms with Crippen molar-refractivity contribution >= 4 is 17.8 Å². The van der Waals surface area contributed by atoms with Gasteiger partial charge in [0.2, 0.25) is 5.91 Å². The van der Waals surface area contributed by atoms with Gasteiger partial charge >= 0.3 is 11.9 Å². The van der Waals surface area contributed by atoms with Crippen molar-refractivity contribution in [1.29, 1.82) is 0 Å². The summed E-state index contributed by atoms with van der Waals surface area (Å²) in [5, 5.41) is 14.1. The fourth-order valence-corrected chi connectivity index (χ4v) is 1.62. The Bertz CT molecular complexity index is 346. The first kappa shape index (κ1) is 18.4. The van der Waals surface area contributed by atoms with Gasteiger partial charge in [0.1, 0.15) is 12.1 Å². The summed E-state index contributed by atoms with van der Waals surface area (Å²) >= 11 is 0. The Kier molecular flexibility index (Phi) is 8.54. The normalized spacial score (nSPS) is 15.0. The van der Waals surface area contributed by atoms with Crippen molar-refractivity contribution < 1.29 is 24.2 Å². The number of unbranched alkanes of at least 4 members (excludes halogenated alkanes) is 1. The molecule has 0 aromatic carbocycles. The number of esters is 1. The molecule has 1 amide bonds. The third-order valence-corrected chi connectivity index (χ3v) is 2.90. The molecule has 0 saturated carbocycles. The van der Waals surface area contributed by atoms with E-state index in [9.17, 15) is 14.4 Å². The third kappa shape index (κ3) is 6.51. The lowest BCUT2D eigenvalue weighted by atomic mass is 10.1. The van der Waals surface area contributed by atoms with Crippen LogP contribution in [0.2, 0.25) is 0 Å². The van der Waals surface area contributed by atoms with Gasteiger partial charge in [-0.25, -0.2) is 0 Å². The number of hydrogen-bond donors (Lipinski definition) is 3. The summed E-state index contributed by atoms with van der Waals surface area (Å²) in [7, 11) is 1.27. The van der Waals surface area contributed by atoms with E-state index in [1.54, 1.807) is 6.92 Å². The Balaban J connectivity index is 4.65. The summed E-state index contributed by atoms with van der Waals surface area (Å²) in [5.41, 5.74) is 0. The molecule has 116 valence electrons. The zero-order valence-electron chi connectivity index (χ0n) is 12.4. The number of methoxy groups -OCH3 is 1. The van der Waals surface area contributed by atoms with E-state index in [1.807, 2.05) is 6.92 Å². The zero-order valence-corrected chi connectivity index (χ0v) is 12.4. The Labute approximate surface area is 119 Å². The number of aliphatic carboxylic acids is 1. The topological polar surface area (TPSA) is 105 Å². The molecule has 0 spiro atoms. The minimum atomic E-state index is -1.10. The standard InChI is InChI=1S/C13H24N2O5/c1-5-6-7-10(14-9(3)13(19)20-4)11(16)15-8(2)12(17)18/h8-10,14H,5-7H2,1-4H3,(H,15,16)(H,17,18)/t8-,9?,10-/m0/s1. The molecule has 7 nitrogen and oxygen atoms in total. The lowest BCUT2D eigenvalue weighted by molar-refractivity contribution is -0.144. The maximum atomic E-state index is 12.0. The Hall–Kier alpha value is -1.63. The van der Waals surface area contributed by atoms with Crippen LogP contribution in [0.4, 0.5) is 0 Å². The minimum absolute atomic E-state index is 0.427. The number of ether oxygens (including phenoxy) is 1. The van der Waals surface area contributed by atoms with Crippen LogP contribution in [0, 0.1) is 0 Å². The van der Waals surface area contributed by atoms with Gasteiger partial charge in [-0.15, -0.1) is 0 Å². The number of nitrogens with one attached hydrogen (secondary N) is 2. The van der Waals surface area contributed by atoms with Gasteiger partial charge in [-0.2, -0.15) is 0 Å². The first-order valence-corrected chi connectivity index (χ1v) is 6.70. The van der Waals surface area contributed by atoms with E-state index < -0.39 is 36.0 Å². The van der Waals surface area contributed by atoms with E-state index in [4.69, 9.17) is 5.11 Å². The maximum Gasteiger partial charge on any atom is 0.325 e. The monoisotopic (exact) mass is 288 g/mol. The van der Waals surface area contributed by atoms with Crippen LogP contribution in [-0.2, 0) is 19.1 Å². The molecule has 1 unspecified atom stereocenters. The van der Waals surface area contributed by atoms with Crippen molar-refractivity contribution in [2.45, 2.75) is 58.2 Å². The summed E-state index contributed by atoms with van der Waals surface area (Å²) < 4.78 is 4.59. The van der Waals surface area contributed by atoms with E-state index in [0.717, 1.165) is 12.8 Å². The fraction of sp³-hybridized carbons (Fsp3) is 0.769. The van der Waals surface area contributed by atoms with Crippen molar-refractivity contribution in [3.8, 4) is 0 Å². The molecule has 0 rings (SSSR count). The number of amides is 1. The van der Waals surface area contributed by atoms with Crippen LogP contribution >= 0.6 is 0 Å². The third-order valence-electron chi connectivity index (χ3n) is 2.90. The van der Waals surface area contributed by atoms with E-state index in [2.05, 4.69) is 15.4 Å². The highest BCUT2D eigenvalue weighted by atomic mass is 16.5. The van der Waals surface area contributed by atoms with Crippen LogP contribution in [-0.4, -0.2) is 48.2 Å². The zero-order chi connectivity index (χ0) is 15.7. The molecule has 0 bridgehead atoms. The number of carboxylic acid groups (broad SMARTS) is 1. The quantitative estimate of drug-likeness (QED) is 0.527. The largest absolute Gasteiger partial charge is 0.480 e. The molecule has 7 heteroatoms.